The van der Waals surface area contributed by atoms with Crippen LogP contribution in [0.25, 0.3) is 22.3 Å². The van der Waals surface area contributed by atoms with Gasteiger partial charge in [0.05, 0.1) is 17.9 Å². The lowest BCUT2D eigenvalue weighted by Crippen LogP contribution is -2.08. The topological polar surface area (TPSA) is 59.4 Å². The summed E-state index contributed by atoms with van der Waals surface area (Å²) in [4.78, 5) is 11.8. The molecule has 0 spiro atoms. The molecule has 0 aliphatic heterocycles. The summed E-state index contributed by atoms with van der Waals surface area (Å²) in [5.74, 6) is 0. The number of hydrogen-bond acceptors (Lipinski definition) is 3. The van der Waals surface area contributed by atoms with Gasteiger partial charge in [0.25, 0.3) is 0 Å². The van der Waals surface area contributed by atoms with Gasteiger partial charge in [-0.2, -0.15) is 5.10 Å². The zero-order valence-electron chi connectivity index (χ0n) is 12.6. The van der Waals surface area contributed by atoms with E-state index >= 15 is 0 Å². The molecule has 0 unspecified atom stereocenters. The number of rotatable bonds is 6. The molecule has 0 radical (unpaired) electrons. The van der Waals surface area contributed by atoms with E-state index in [9.17, 15) is 0 Å². The number of H-pyrrole nitrogens is 1. The fourth-order valence-corrected chi connectivity index (χ4v) is 2.84. The normalized spacial score (nSPS) is 11.6. The molecular formula is C16H21N5. The third-order valence-corrected chi connectivity index (χ3v) is 3.85. The van der Waals surface area contributed by atoms with Crippen LogP contribution in [-0.2, 0) is 0 Å². The van der Waals surface area contributed by atoms with E-state index in [2.05, 4.69) is 44.8 Å². The monoisotopic (exact) mass is 283 g/mol. The second-order valence-corrected chi connectivity index (χ2v) is 5.40. The van der Waals surface area contributed by atoms with Gasteiger partial charge in [-0.1, -0.05) is 26.7 Å². The molecule has 0 bridgehead atoms. The molecule has 0 saturated heterocycles. The van der Waals surface area contributed by atoms with Gasteiger partial charge in [0.1, 0.15) is 12.0 Å². The lowest BCUT2D eigenvalue weighted by Gasteiger charge is -2.15. The highest BCUT2D eigenvalue weighted by atomic mass is 15.3. The van der Waals surface area contributed by atoms with Crippen LogP contribution in [0.1, 0.15) is 45.6 Å². The summed E-state index contributed by atoms with van der Waals surface area (Å²) in [6.45, 7) is 4.45. The molecule has 0 fully saturated rings. The van der Waals surface area contributed by atoms with Crippen molar-refractivity contribution in [2.75, 3.05) is 0 Å². The van der Waals surface area contributed by atoms with Gasteiger partial charge >= 0.3 is 0 Å². The molecule has 1 N–H and O–H groups in total. The van der Waals surface area contributed by atoms with Crippen molar-refractivity contribution < 1.29 is 0 Å². The first kappa shape index (κ1) is 13.8. The smallest absolute Gasteiger partial charge is 0.141 e. The van der Waals surface area contributed by atoms with Gasteiger partial charge < -0.3 is 4.98 Å². The first-order chi connectivity index (χ1) is 10.3. The number of nitrogens with one attached hydrogen (secondary N) is 1. The van der Waals surface area contributed by atoms with E-state index in [4.69, 9.17) is 0 Å². The van der Waals surface area contributed by atoms with Crippen molar-refractivity contribution in [3.05, 3.63) is 31.0 Å². The van der Waals surface area contributed by atoms with E-state index in [0.29, 0.717) is 6.04 Å². The highest BCUT2D eigenvalue weighted by Gasteiger charge is 2.13. The van der Waals surface area contributed by atoms with E-state index in [1.807, 2.05) is 18.5 Å². The summed E-state index contributed by atoms with van der Waals surface area (Å²) in [5.41, 5.74) is 2.87. The van der Waals surface area contributed by atoms with E-state index in [0.717, 1.165) is 35.1 Å². The SMILES string of the molecule is CCCC(CCC)n1cc(-c2ncnc3[nH]ccc23)cn1. The van der Waals surface area contributed by atoms with Gasteiger partial charge in [0, 0.05) is 23.3 Å². The Morgan fingerprint density at radius 1 is 1.19 bits per heavy atom. The van der Waals surface area contributed by atoms with E-state index in [1.165, 1.54) is 12.8 Å². The third kappa shape index (κ3) is 2.68. The second-order valence-electron chi connectivity index (χ2n) is 5.40. The Morgan fingerprint density at radius 3 is 2.76 bits per heavy atom. The van der Waals surface area contributed by atoms with Gasteiger partial charge in [-0.3, -0.25) is 4.68 Å². The van der Waals surface area contributed by atoms with Gasteiger partial charge in [-0.15, -0.1) is 0 Å². The van der Waals surface area contributed by atoms with Crippen LogP contribution < -0.4 is 0 Å². The summed E-state index contributed by atoms with van der Waals surface area (Å²) in [7, 11) is 0. The Bertz CT molecular complexity index is 706. The third-order valence-electron chi connectivity index (χ3n) is 3.85. The fraction of sp³-hybridized carbons (Fsp3) is 0.438. The first-order valence-corrected chi connectivity index (χ1v) is 7.66. The molecule has 5 nitrogen and oxygen atoms in total. The van der Waals surface area contributed by atoms with Crippen LogP contribution in [0.15, 0.2) is 31.0 Å². The number of aromatic amines is 1. The molecule has 0 atom stereocenters. The molecular weight excluding hydrogens is 262 g/mol. The van der Waals surface area contributed by atoms with Gasteiger partial charge in [0.15, 0.2) is 0 Å². The van der Waals surface area contributed by atoms with Crippen molar-refractivity contribution in [1.82, 2.24) is 24.7 Å². The quantitative estimate of drug-likeness (QED) is 0.744. The van der Waals surface area contributed by atoms with Crippen LogP contribution in [0.2, 0.25) is 0 Å². The lowest BCUT2D eigenvalue weighted by atomic mass is 10.1. The van der Waals surface area contributed by atoms with Crippen LogP contribution in [-0.4, -0.2) is 24.7 Å². The van der Waals surface area contributed by atoms with Crippen molar-refractivity contribution in [2.45, 2.75) is 45.6 Å². The Kier molecular flexibility index (Phi) is 3.99. The molecule has 0 aliphatic carbocycles. The standard InChI is InChI=1S/C16H21N5/c1-3-5-13(6-4-2)21-10-12(9-20-21)15-14-7-8-17-16(14)19-11-18-15/h7-11,13H,3-6H2,1-2H3,(H,17,18,19). The van der Waals surface area contributed by atoms with Crippen molar-refractivity contribution in [1.29, 1.82) is 0 Å². The molecule has 0 saturated carbocycles. The summed E-state index contributed by atoms with van der Waals surface area (Å²) in [6, 6.07) is 2.50. The highest BCUT2D eigenvalue weighted by Crippen LogP contribution is 2.26. The molecule has 0 aliphatic rings. The van der Waals surface area contributed by atoms with Crippen LogP contribution in [0.4, 0.5) is 0 Å². The van der Waals surface area contributed by atoms with E-state index in [1.54, 1.807) is 6.33 Å². The minimum atomic E-state index is 0.484. The highest BCUT2D eigenvalue weighted by molar-refractivity contribution is 5.89. The van der Waals surface area contributed by atoms with Crippen LogP contribution >= 0.6 is 0 Å². The maximum absolute atomic E-state index is 4.57. The molecule has 3 aromatic heterocycles. The molecule has 3 heterocycles. The number of aromatic nitrogens is 5. The predicted molar refractivity (Wildman–Crippen MR) is 84.0 cm³/mol. The molecule has 21 heavy (non-hydrogen) atoms. The molecule has 5 heteroatoms. The molecule has 0 amide bonds. The minimum absolute atomic E-state index is 0.484. The Hall–Kier alpha value is -2.17. The van der Waals surface area contributed by atoms with Crippen molar-refractivity contribution in [3.63, 3.8) is 0 Å². The Morgan fingerprint density at radius 2 is 2.00 bits per heavy atom. The van der Waals surface area contributed by atoms with Gasteiger partial charge in [-0.25, -0.2) is 9.97 Å². The Labute approximate surface area is 124 Å². The van der Waals surface area contributed by atoms with Crippen LogP contribution in [0.5, 0.6) is 0 Å². The molecule has 0 aromatic carbocycles. The van der Waals surface area contributed by atoms with E-state index in [-0.39, 0.29) is 0 Å². The van der Waals surface area contributed by atoms with Gasteiger partial charge in [-0.05, 0) is 18.9 Å². The summed E-state index contributed by atoms with van der Waals surface area (Å²) in [6.07, 6.45) is 12.2. The average molecular weight is 283 g/mol. The lowest BCUT2D eigenvalue weighted by molar-refractivity contribution is 0.391. The zero-order valence-corrected chi connectivity index (χ0v) is 12.6. The number of hydrogen-bond donors (Lipinski definition) is 1. The molecule has 110 valence electrons. The molecule has 3 aromatic rings. The van der Waals surface area contributed by atoms with Gasteiger partial charge in [0.2, 0.25) is 0 Å². The summed E-state index contributed by atoms with van der Waals surface area (Å²) in [5, 5.41) is 5.61. The van der Waals surface area contributed by atoms with Crippen LogP contribution in [0, 0.1) is 0 Å². The number of nitrogens with zero attached hydrogens (tertiary/aromatic N) is 4. The maximum Gasteiger partial charge on any atom is 0.141 e. The average Bonchev–Trinajstić information content (AvgIpc) is 3.15. The fourth-order valence-electron chi connectivity index (χ4n) is 2.84. The second kappa shape index (κ2) is 6.08. The molecule has 3 rings (SSSR count). The first-order valence-electron chi connectivity index (χ1n) is 7.66. The number of fused-ring (bicyclic) bond motifs is 1. The van der Waals surface area contributed by atoms with Crippen LogP contribution in [0.3, 0.4) is 0 Å². The van der Waals surface area contributed by atoms with E-state index < -0.39 is 0 Å². The summed E-state index contributed by atoms with van der Waals surface area (Å²) < 4.78 is 2.10. The Balaban J connectivity index is 1.95. The van der Waals surface area contributed by atoms with Crippen molar-refractivity contribution in [3.8, 4) is 11.3 Å². The minimum Gasteiger partial charge on any atom is -0.346 e. The van der Waals surface area contributed by atoms with Crippen molar-refractivity contribution in [2.24, 2.45) is 0 Å². The predicted octanol–water partition coefficient (Wildman–Crippen LogP) is 3.96. The maximum atomic E-state index is 4.57. The zero-order chi connectivity index (χ0) is 14.7. The largest absolute Gasteiger partial charge is 0.346 e. The van der Waals surface area contributed by atoms with Crippen molar-refractivity contribution >= 4 is 11.0 Å². The summed E-state index contributed by atoms with van der Waals surface area (Å²) >= 11 is 0.